The van der Waals surface area contributed by atoms with Gasteiger partial charge in [0.25, 0.3) is 0 Å². The van der Waals surface area contributed by atoms with Crippen LogP contribution in [0.2, 0.25) is 0 Å². The zero-order chi connectivity index (χ0) is 22.8. The first-order valence-electron chi connectivity index (χ1n) is 11.7. The maximum Gasteiger partial charge on any atom is 0.230 e. The summed E-state index contributed by atoms with van der Waals surface area (Å²) in [6.45, 7) is 2.49. The third kappa shape index (κ3) is 5.01. The molecule has 4 N–H and O–H groups in total. The maximum absolute atomic E-state index is 13.2. The molecule has 1 saturated carbocycles. The molecule has 3 aromatic rings. The maximum atomic E-state index is 13.2. The van der Waals surface area contributed by atoms with Crippen LogP contribution >= 0.6 is 0 Å². The molecule has 0 bridgehead atoms. The highest BCUT2D eigenvalue weighted by Gasteiger charge is 2.34. The van der Waals surface area contributed by atoms with Crippen LogP contribution < -0.4 is 20.7 Å². The van der Waals surface area contributed by atoms with Gasteiger partial charge in [0.2, 0.25) is 5.91 Å². The van der Waals surface area contributed by atoms with Crippen LogP contribution in [0.1, 0.15) is 36.8 Å². The minimum Gasteiger partial charge on any atom is -0.490 e. The fourth-order valence-electron chi connectivity index (χ4n) is 4.40. The van der Waals surface area contributed by atoms with E-state index < -0.39 is 0 Å². The van der Waals surface area contributed by atoms with Gasteiger partial charge in [0.15, 0.2) is 0 Å². The Morgan fingerprint density at radius 2 is 1.70 bits per heavy atom. The van der Waals surface area contributed by atoms with Gasteiger partial charge in [-0.3, -0.25) is 10.2 Å². The fourth-order valence-corrected chi connectivity index (χ4v) is 4.40. The number of ether oxygens (including phenoxy) is 1. The van der Waals surface area contributed by atoms with Crippen LogP contribution in [-0.2, 0) is 11.3 Å². The van der Waals surface area contributed by atoms with Crippen molar-refractivity contribution in [3.63, 3.8) is 0 Å². The molecule has 1 aliphatic heterocycles. The quantitative estimate of drug-likeness (QED) is 0.378. The number of nitrogens with zero attached hydrogens (tertiary/aromatic N) is 1. The van der Waals surface area contributed by atoms with Gasteiger partial charge in [0.05, 0.1) is 6.54 Å². The first-order valence-corrected chi connectivity index (χ1v) is 11.7. The Bertz CT molecular complexity index is 1160. The molecule has 0 atom stereocenters. The predicted octanol–water partition coefficient (Wildman–Crippen LogP) is 4.20. The average Bonchev–Trinajstić information content (AvgIpc) is 3.68. The van der Waals surface area contributed by atoms with Crippen LogP contribution in [0.15, 0.2) is 60.7 Å². The lowest BCUT2D eigenvalue weighted by molar-refractivity contribution is -0.119. The van der Waals surface area contributed by atoms with Crippen molar-refractivity contribution in [3.8, 4) is 5.75 Å². The van der Waals surface area contributed by atoms with E-state index in [-0.39, 0.29) is 23.8 Å². The molecule has 2 fully saturated rings. The molecule has 5 rings (SSSR count). The SMILES string of the molecule is N=C(N)c1ccc2ccc(CN(C(=O)C3CC3)c3ccc(OC4CCNCC4)cc3)cc2c1. The second-order valence-electron chi connectivity index (χ2n) is 9.07. The third-order valence-electron chi connectivity index (χ3n) is 6.49. The Balaban J connectivity index is 1.37. The molecule has 1 heterocycles. The Morgan fingerprint density at radius 3 is 2.39 bits per heavy atom. The molecule has 0 unspecified atom stereocenters. The number of piperidine rings is 1. The Hall–Kier alpha value is -3.38. The van der Waals surface area contributed by atoms with E-state index in [0.717, 1.165) is 66.5 Å². The summed E-state index contributed by atoms with van der Waals surface area (Å²) in [5.41, 5.74) is 8.31. The number of hydrogen-bond acceptors (Lipinski definition) is 4. The summed E-state index contributed by atoms with van der Waals surface area (Å²) in [4.78, 5) is 15.1. The summed E-state index contributed by atoms with van der Waals surface area (Å²) in [7, 11) is 0. The molecule has 0 radical (unpaired) electrons. The van der Waals surface area contributed by atoms with E-state index in [4.69, 9.17) is 15.9 Å². The van der Waals surface area contributed by atoms with Crippen LogP contribution in [-0.4, -0.2) is 30.9 Å². The molecule has 2 aliphatic rings. The Kier molecular flexibility index (Phi) is 6.01. The van der Waals surface area contributed by atoms with Gasteiger partial charge in [-0.1, -0.05) is 24.3 Å². The van der Waals surface area contributed by atoms with Crippen molar-refractivity contribution in [1.82, 2.24) is 5.32 Å². The minimum atomic E-state index is 0.0552. The number of rotatable bonds is 7. The van der Waals surface area contributed by atoms with Crippen LogP contribution in [0.4, 0.5) is 5.69 Å². The van der Waals surface area contributed by atoms with E-state index in [0.29, 0.717) is 12.1 Å². The Morgan fingerprint density at radius 1 is 0.970 bits per heavy atom. The largest absolute Gasteiger partial charge is 0.490 e. The third-order valence-corrected chi connectivity index (χ3v) is 6.49. The van der Waals surface area contributed by atoms with Gasteiger partial charge in [0, 0.05) is 17.2 Å². The summed E-state index contributed by atoms with van der Waals surface area (Å²) in [6, 6.07) is 19.9. The Labute approximate surface area is 194 Å². The molecular weight excluding hydrogens is 412 g/mol. The molecular formula is C27H30N4O2. The summed E-state index contributed by atoms with van der Waals surface area (Å²) in [6.07, 6.45) is 4.21. The van der Waals surface area contributed by atoms with Gasteiger partial charge >= 0.3 is 0 Å². The highest BCUT2D eigenvalue weighted by atomic mass is 16.5. The second kappa shape index (κ2) is 9.24. The van der Waals surface area contributed by atoms with E-state index in [1.807, 2.05) is 47.4 Å². The first-order chi connectivity index (χ1) is 16.1. The van der Waals surface area contributed by atoms with Gasteiger partial charge in [-0.05, 0) is 91.5 Å². The standard InChI is InChI=1S/C27H30N4O2/c28-26(29)21-6-3-19-2-1-18(15-22(19)16-21)17-31(27(32)20-4-5-20)23-7-9-24(10-8-23)33-25-11-13-30-14-12-25/h1-3,6-10,15-16,20,25,30H,4-5,11-14,17H2,(H3,28,29). The van der Waals surface area contributed by atoms with Gasteiger partial charge < -0.3 is 20.7 Å². The second-order valence-corrected chi connectivity index (χ2v) is 9.07. The number of carbonyl (C=O) groups excluding carboxylic acids is 1. The topological polar surface area (TPSA) is 91.4 Å². The summed E-state index contributed by atoms with van der Waals surface area (Å²) < 4.78 is 6.14. The van der Waals surface area contributed by atoms with E-state index >= 15 is 0 Å². The number of nitrogens with two attached hydrogens (primary N) is 1. The molecule has 33 heavy (non-hydrogen) atoms. The number of anilines is 1. The molecule has 0 spiro atoms. The van der Waals surface area contributed by atoms with Gasteiger partial charge in [0.1, 0.15) is 17.7 Å². The number of nitrogen functional groups attached to an aromatic ring is 1. The van der Waals surface area contributed by atoms with Crippen molar-refractivity contribution in [2.24, 2.45) is 11.7 Å². The zero-order valence-electron chi connectivity index (χ0n) is 18.7. The average molecular weight is 443 g/mol. The van der Waals surface area contributed by atoms with Crippen molar-refractivity contribution in [1.29, 1.82) is 5.41 Å². The van der Waals surface area contributed by atoms with Crippen molar-refractivity contribution < 1.29 is 9.53 Å². The molecule has 6 nitrogen and oxygen atoms in total. The van der Waals surface area contributed by atoms with E-state index in [1.165, 1.54) is 0 Å². The number of nitrogens with one attached hydrogen (secondary N) is 2. The molecule has 1 aliphatic carbocycles. The molecule has 3 aromatic carbocycles. The number of carbonyl (C=O) groups is 1. The fraction of sp³-hybridized carbons (Fsp3) is 0.333. The molecule has 1 amide bonds. The summed E-state index contributed by atoms with van der Waals surface area (Å²) in [5.74, 6) is 1.21. The zero-order valence-corrected chi connectivity index (χ0v) is 18.7. The smallest absolute Gasteiger partial charge is 0.230 e. The van der Waals surface area contributed by atoms with Crippen LogP contribution in [0.3, 0.4) is 0 Å². The van der Waals surface area contributed by atoms with Crippen LogP contribution in [0.5, 0.6) is 5.75 Å². The van der Waals surface area contributed by atoms with Crippen molar-refractivity contribution >= 4 is 28.2 Å². The number of hydrogen-bond donors (Lipinski definition) is 3. The number of amides is 1. The van der Waals surface area contributed by atoms with Crippen molar-refractivity contribution in [2.75, 3.05) is 18.0 Å². The summed E-state index contributed by atoms with van der Waals surface area (Å²) >= 11 is 0. The highest BCUT2D eigenvalue weighted by Crippen LogP contribution is 2.34. The van der Waals surface area contributed by atoms with Gasteiger partial charge in [-0.15, -0.1) is 0 Å². The van der Waals surface area contributed by atoms with E-state index in [2.05, 4.69) is 23.5 Å². The van der Waals surface area contributed by atoms with E-state index in [9.17, 15) is 4.79 Å². The lowest BCUT2D eigenvalue weighted by Gasteiger charge is -2.25. The van der Waals surface area contributed by atoms with Crippen molar-refractivity contribution in [3.05, 3.63) is 71.8 Å². The lowest BCUT2D eigenvalue weighted by atomic mass is 10.0. The molecule has 6 heteroatoms. The molecule has 170 valence electrons. The van der Waals surface area contributed by atoms with Gasteiger partial charge in [-0.2, -0.15) is 0 Å². The normalized spacial score (nSPS) is 16.5. The van der Waals surface area contributed by atoms with Crippen LogP contribution in [0.25, 0.3) is 10.8 Å². The van der Waals surface area contributed by atoms with Gasteiger partial charge in [-0.25, -0.2) is 0 Å². The van der Waals surface area contributed by atoms with Crippen LogP contribution in [0, 0.1) is 11.3 Å². The lowest BCUT2D eigenvalue weighted by Crippen LogP contribution is -2.34. The molecule has 0 aromatic heterocycles. The summed E-state index contributed by atoms with van der Waals surface area (Å²) in [5, 5.41) is 13.2. The monoisotopic (exact) mass is 442 g/mol. The molecule has 1 saturated heterocycles. The van der Waals surface area contributed by atoms with E-state index in [1.54, 1.807) is 0 Å². The number of fused-ring (bicyclic) bond motifs is 1. The highest BCUT2D eigenvalue weighted by molar-refractivity contribution is 5.99. The number of amidine groups is 1. The van der Waals surface area contributed by atoms with Crippen molar-refractivity contribution in [2.45, 2.75) is 38.3 Å². The first kappa shape index (κ1) is 21.5. The predicted molar refractivity (Wildman–Crippen MR) is 132 cm³/mol. The number of benzene rings is 3. The minimum absolute atomic E-state index is 0.0552.